The molecule has 0 aliphatic rings. The van der Waals surface area contributed by atoms with Crippen LogP contribution in [-0.2, 0) is 0 Å². The largest absolute Gasteiger partial charge is 0.396 e. The van der Waals surface area contributed by atoms with Crippen LogP contribution >= 0.6 is 11.6 Å². The van der Waals surface area contributed by atoms with Crippen LogP contribution in [0.3, 0.4) is 0 Å². The predicted molar refractivity (Wildman–Crippen MR) is 69.9 cm³/mol. The molecule has 1 unspecified atom stereocenters. The Morgan fingerprint density at radius 1 is 1.35 bits per heavy atom. The molecule has 2 aromatic rings. The van der Waals surface area contributed by atoms with Crippen LogP contribution < -0.4 is 11.1 Å². The van der Waals surface area contributed by atoms with E-state index in [2.05, 4.69) is 15.3 Å². The van der Waals surface area contributed by atoms with Gasteiger partial charge < -0.3 is 11.1 Å². The van der Waals surface area contributed by atoms with Crippen molar-refractivity contribution < 1.29 is 0 Å². The van der Waals surface area contributed by atoms with Gasteiger partial charge in [-0.25, -0.2) is 4.98 Å². The van der Waals surface area contributed by atoms with E-state index in [1.54, 1.807) is 12.3 Å². The summed E-state index contributed by atoms with van der Waals surface area (Å²) in [6.07, 6.45) is 3.30. The summed E-state index contributed by atoms with van der Waals surface area (Å²) in [5.74, 6) is 0. The van der Waals surface area contributed by atoms with Crippen LogP contribution in [-0.4, -0.2) is 9.97 Å². The molecule has 3 N–H and O–H groups in total. The highest BCUT2D eigenvalue weighted by Crippen LogP contribution is 2.24. The average molecular weight is 249 g/mol. The summed E-state index contributed by atoms with van der Waals surface area (Å²) < 4.78 is 0. The van der Waals surface area contributed by atoms with Gasteiger partial charge in [0.1, 0.15) is 5.15 Å². The first-order chi connectivity index (χ1) is 8.16. The third-order valence-electron chi connectivity index (χ3n) is 2.40. The van der Waals surface area contributed by atoms with Crippen molar-refractivity contribution in [2.24, 2.45) is 0 Å². The number of rotatable bonds is 3. The highest BCUT2D eigenvalue weighted by molar-refractivity contribution is 6.29. The number of nitrogens with one attached hydrogen (secondary N) is 1. The van der Waals surface area contributed by atoms with Gasteiger partial charge in [0.2, 0.25) is 0 Å². The Hall–Kier alpha value is -1.81. The number of aromatic nitrogens is 2. The summed E-state index contributed by atoms with van der Waals surface area (Å²) in [6, 6.07) is 7.54. The van der Waals surface area contributed by atoms with Gasteiger partial charge >= 0.3 is 0 Å². The van der Waals surface area contributed by atoms with Crippen molar-refractivity contribution in [2.75, 3.05) is 11.1 Å². The van der Waals surface area contributed by atoms with Gasteiger partial charge in [-0.1, -0.05) is 17.7 Å². The first-order valence-electron chi connectivity index (χ1n) is 5.25. The second kappa shape index (κ2) is 5.01. The normalized spacial score (nSPS) is 12.1. The third kappa shape index (κ3) is 2.85. The van der Waals surface area contributed by atoms with Crippen molar-refractivity contribution >= 4 is 23.0 Å². The zero-order valence-electron chi connectivity index (χ0n) is 9.39. The van der Waals surface area contributed by atoms with E-state index in [9.17, 15) is 0 Å². The number of halogens is 1. The Kier molecular flexibility index (Phi) is 3.44. The van der Waals surface area contributed by atoms with Gasteiger partial charge in [0, 0.05) is 12.3 Å². The molecule has 0 fully saturated rings. The molecule has 0 aromatic carbocycles. The summed E-state index contributed by atoms with van der Waals surface area (Å²) in [7, 11) is 0. The Labute approximate surface area is 105 Å². The number of pyridine rings is 2. The monoisotopic (exact) mass is 248 g/mol. The lowest BCUT2D eigenvalue weighted by atomic mass is 10.2. The minimum atomic E-state index is 0.0527. The van der Waals surface area contributed by atoms with Gasteiger partial charge in [-0.3, -0.25) is 4.98 Å². The predicted octanol–water partition coefficient (Wildman–Crippen LogP) is 2.89. The molecule has 88 valence electrons. The first-order valence-corrected chi connectivity index (χ1v) is 5.63. The lowest BCUT2D eigenvalue weighted by Gasteiger charge is -2.16. The molecular formula is C12H13ClN4. The molecule has 2 aromatic heterocycles. The molecule has 0 spiro atoms. The van der Waals surface area contributed by atoms with E-state index < -0.39 is 0 Å². The minimum Gasteiger partial charge on any atom is -0.396 e. The molecule has 0 saturated heterocycles. The molecule has 0 bridgehead atoms. The molecule has 0 radical (unpaired) electrons. The summed E-state index contributed by atoms with van der Waals surface area (Å²) in [6.45, 7) is 2.01. The van der Waals surface area contributed by atoms with Crippen LogP contribution in [0.2, 0.25) is 5.15 Å². The van der Waals surface area contributed by atoms with Gasteiger partial charge in [0.15, 0.2) is 0 Å². The SMILES string of the molecule is CC(Nc1cc(Cl)ncc1N)c1ccccn1. The minimum absolute atomic E-state index is 0.0527. The van der Waals surface area contributed by atoms with Crippen molar-refractivity contribution in [3.63, 3.8) is 0 Å². The van der Waals surface area contributed by atoms with E-state index in [0.717, 1.165) is 11.4 Å². The van der Waals surface area contributed by atoms with Gasteiger partial charge in [0.05, 0.1) is 29.3 Å². The maximum atomic E-state index is 5.82. The van der Waals surface area contributed by atoms with Crippen LogP contribution in [0.15, 0.2) is 36.7 Å². The van der Waals surface area contributed by atoms with Gasteiger partial charge in [-0.05, 0) is 19.1 Å². The molecule has 2 heterocycles. The van der Waals surface area contributed by atoms with E-state index >= 15 is 0 Å². The third-order valence-corrected chi connectivity index (χ3v) is 2.61. The van der Waals surface area contributed by atoms with Crippen molar-refractivity contribution in [3.05, 3.63) is 47.5 Å². The highest BCUT2D eigenvalue weighted by Gasteiger charge is 2.08. The van der Waals surface area contributed by atoms with Crippen LogP contribution in [0.5, 0.6) is 0 Å². The summed E-state index contributed by atoms with van der Waals surface area (Å²) in [5, 5.41) is 3.67. The van der Waals surface area contributed by atoms with Crippen LogP contribution in [0, 0.1) is 0 Å². The van der Waals surface area contributed by atoms with E-state index in [-0.39, 0.29) is 6.04 Å². The van der Waals surface area contributed by atoms with Gasteiger partial charge in [-0.2, -0.15) is 0 Å². The second-order valence-electron chi connectivity index (χ2n) is 3.71. The van der Waals surface area contributed by atoms with E-state index in [1.165, 1.54) is 6.20 Å². The summed E-state index contributed by atoms with van der Waals surface area (Å²) >= 11 is 5.82. The van der Waals surface area contributed by atoms with Crippen LogP contribution in [0.25, 0.3) is 0 Å². The number of hydrogen-bond donors (Lipinski definition) is 2. The van der Waals surface area contributed by atoms with E-state index in [1.807, 2.05) is 25.1 Å². The Bertz CT molecular complexity index is 501. The average Bonchev–Trinajstić information content (AvgIpc) is 2.35. The molecule has 2 rings (SSSR count). The fraction of sp³-hybridized carbons (Fsp3) is 0.167. The van der Waals surface area contributed by atoms with Crippen LogP contribution in [0.4, 0.5) is 11.4 Å². The van der Waals surface area contributed by atoms with Crippen molar-refractivity contribution in [2.45, 2.75) is 13.0 Å². The number of nitrogen functional groups attached to an aromatic ring is 1. The Morgan fingerprint density at radius 3 is 2.88 bits per heavy atom. The molecule has 4 nitrogen and oxygen atoms in total. The lowest BCUT2D eigenvalue weighted by Crippen LogP contribution is -2.09. The molecule has 0 amide bonds. The summed E-state index contributed by atoms with van der Waals surface area (Å²) in [4.78, 5) is 8.18. The summed E-state index contributed by atoms with van der Waals surface area (Å²) in [5.41, 5.74) is 8.09. The van der Waals surface area contributed by atoms with Crippen molar-refractivity contribution in [1.29, 1.82) is 0 Å². The Balaban J connectivity index is 2.18. The highest BCUT2D eigenvalue weighted by atomic mass is 35.5. The topological polar surface area (TPSA) is 63.8 Å². The fourth-order valence-electron chi connectivity index (χ4n) is 1.50. The lowest BCUT2D eigenvalue weighted by molar-refractivity contribution is 0.839. The van der Waals surface area contributed by atoms with E-state index in [4.69, 9.17) is 17.3 Å². The number of hydrogen-bond acceptors (Lipinski definition) is 4. The van der Waals surface area contributed by atoms with Crippen LogP contribution in [0.1, 0.15) is 18.7 Å². The zero-order valence-corrected chi connectivity index (χ0v) is 10.1. The quantitative estimate of drug-likeness (QED) is 0.820. The van der Waals surface area contributed by atoms with Gasteiger partial charge in [0.25, 0.3) is 0 Å². The zero-order chi connectivity index (χ0) is 12.3. The molecule has 1 atom stereocenters. The number of nitrogens with zero attached hydrogens (tertiary/aromatic N) is 2. The maximum absolute atomic E-state index is 5.82. The Morgan fingerprint density at radius 2 is 2.18 bits per heavy atom. The molecular weight excluding hydrogens is 236 g/mol. The molecule has 5 heteroatoms. The molecule has 17 heavy (non-hydrogen) atoms. The molecule has 0 aliphatic carbocycles. The molecule has 0 saturated carbocycles. The smallest absolute Gasteiger partial charge is 0.131 e. The van der Waals surface area contributed by atoms with E-state index in [0.29, 0.717) is 10.8 Å². The van der Waals surface area contributed by atoms with Crippen molar-refractivity contribution in [1.82, 2.24) is 9.97 Å². The first kappa shape index (κ1) is 11.7. The maximum Gasteiger partial charge on any atom is 0.131 e. The standard InChI is InChI=1S/C12H13ClN4/c1-8(10-4-2-3-5-15-10)17-11-6-12(13)16-7-9(11)14/h2-8H,14H2,1H3,(H,16,17). The van der Waals surface area contributed by atoms with Gasteiger partial charge in [-0.15, -0.1) is 0 Å². The fourth-order valence-corrected chi connectivity index (χ4v) is 1.66. The molecule has 0 aliphatic heterocycles. The second-order valence-corrected chi connectivity index (χ2v) is 4.10. The number of nitrogens with two attached hydrogens (primary N) is 1. The van der Waals surface area contributed by atoms with Crippen molar-refractivity contribution in [3.8, 4) is 0 Å². The number of anilines is 2.